The van der Waals surface area contributed by atoms with Crippen LogP contribution in [-0.2, 0) is 0 Å². The second kappa shape index (κ2) is 8.91. The van der Waals surface area contributed by atoms with Gasteiger partial charge >= 0.3 is 0 Å². The lowest BCUT2D eigenvalue weighted by Crippen LogP contribution is -2.19. The maximum absolute atomic E-state index is 9.64. The molecule has 3 rings (SSSR count). The number of phenols is 1. The molecule has 2 aromatic rings. The van der Waals surface area contributed by atoms with Crippen molar-refractivity contribution in [2.24, 2.45) is 0 Å². The monoisotopic (exact) mass is 351 g/mol. The molecule has 2 aromatic carbocycles. The number of allylic oxidation sites excluding steroid dienone is 1. The molecule has 3 heteroatoms. The zero-order valence-corrected chi connectivity index (χ0v) is 15.9. The summed E-state index contributed by atoms with van der Waals surface area (Å²) < 4.78 is 5.83. The van der Waals surface area contributed by atoms with Gasteiger partial charge in [-0.25, -0.2) is 0 Å². The van der Waals surface area contributed by atoms with E-state index in [4.69, 9.17) is 4.74 Å². The number of hydrogen-bond donors (Lipinski definition) is 1. The number of phenolic OH excluding ortho intramolecular Hbond substituents is 1. The van der Waals surface area contributed by atoms with Gasteiger partial charge < -0.3 is 14.7 Å². The molecule has 0 aliphatic heterocycles. The minimum atomic E-state index is 0.311. The minimum absolute atomic E-state index is 0.311. The molecule has 0 heterocycles. The maximum Gasteiger partial charge on any atom is 0.119 e. The van der Waals surface area contributed by atoms with Gasteiger partial charge in [0.05, 0.1) is 0 Å². The van der Waals surface area contributed by atoms with E-state index < -0.39 is 0 Å². The van der Waals surface area contributed by atoms with Gasteiger partial charge in [-0.2, -0.15) is 0 Å². The summed E-state index contributed by atoms with van der Waals surface area (Å²) in [6.07, 6.45) is 6.19. The van der Waals surface area contributed by atoms with Crippen molar-refractivity contribution in [2.45, 2.75) is 32.1 Å². The molecule has 0 spiro atoms. The molecule has 3 nitrogen and oxygen atoms in total. The van der Waals surface area contributed by atoms with Crippen LogP contribution in [0.1, 0.15) is 43.2 Å². The predicted molar refractivity (Wildman–Crippen MR) is 108 cm³/mol. The Morgan fingerprint density at radius 1 is 0.885 bits per heavy atom. The standard InChI is InChI=1S/C23H29NO2/c1-24(2)16-17-26-22-14-10-20(11-15-22)23(18-6-4-3-5-7-18)19-8-12-21(25)13-9-19/h8-15,25H,3-7,16-17H2,1-2H3. The third-order valence-corrected chi connectivity index (χ3v) is 4.92. The molecule has 0 radical (unpaired) electrons. The fourth-order valence-corrected chi connectivity index (χ4v) is 3.50. The summed E-state index contributed by atoms with van der Waals surface area (Å²) in [6.45, 7) is 1.60. The highest BCUT2D eigenvalue weighted by atomic mass is 16.5. The highest BCUT2D eigenvalue weighted by Gasteiger charge is 2.15. The Hall–Kier alpha value is -2.26. The molecule has 0 unspecified atom stereocenters. The fourth-order valence-electron chi connectivity index (χ4n) is 3.50. The Kier molecular flexibility index (Phi) is 6.35. The van der Waals surface area contributed by atoms with Crippen molar-refractivity contribution in [2.75, 3.05) is 27.2 Å². The predicted octanol–water partition coefficient (Wildman–Crippen LogP) is 5.10. The van der Waals surface area contributed by atoms with Gasteiger partial charge in [-0.05, 0) is 80.7 Å². The van der Waals surface area contributed by atoms with Crippen LogP contribution in [0.15, 0.2) is 54.1 Å². The van der Waals surface area contributed by atoms with Crippen LogP contribution in [0, 0.1) is 0 Å². The van der Waals surface area contributed by atoms with Crippen molar-refractivity contribution >= 4 is 5.57 Å². The number of benzene rings is 2. The van der Waals surface area contributed by atoms with Crippen molar-refractivity contribution in [1.82, 2.24) is 4.90 Å². The molecular weight excluding hydrogens is 322 g/mol. The van der Waals surface area contributed by atoms with Gasteiger partial charge in [-0.1, -0.05) is 36.3 Å². The third kappa shape index (κ3) is 4.89. The molecule has 0 aromatic heterocycles. The van der Waals surface area contributed by atoms with Crippen molar-refractivity contribution in [1.29, 1.82) is 0 Å². The number of hydrogen-bond acceptors (Lipinski definition) is 3. The van der Waals surface area contributed by atoms with Gasteiger partial charge in [0.15, 0.2) is 0 Å². The van der Waals surface area contributed by atoms with Gasteiger partial charge in [0.1, 0.15) is 18.1 Å². The molecule has 0 amide bonds. The molecule has 26 heavy (non-hydrogen) atoms. The second-order valence-electron chi connectivity index (χ2n) is 7.26. The zero-order valence-electron chi connectivity index (χ0n) is 15.9. The average Bonchev–Trinajstić information content (AvgIpc) is 2.65. The minimum Gasteiger partial charge on any atom is -0.508 e. The molecule has 0 atom stereocenters. The van der Waals surface area contributed by atoms with Crippen molar-refractivity contribution in [3.05, 3.63) is 65.2 Å². The summed E-state index contributed by atoms with van der Waals surface area (Å²) in [4.78, 5) is 2.12. The van der Waals surface area contributed by atoms with Crippen LogP contribution in [0.25, 0.3) is 5.57 Å². The van der Waals surface area contributed by atoms with Crippen LogP contribution >= 0.6 is 0 Å². The van der Waals surface area contributed by atoms with E-state index in [1.165, 1.54) is 41.5 Å². The Bertz CT molecular complexity index is 722. The number of rotatable bonds is 6. The van der Waals surface area contributed by atoms with E-state index in [9.17, 15) is 5.11 Å². The summed E-state index contributed by atoms with van der Waals surface area (Å²) in [7, 11) is 4.10. The summed E-state index contributed by atoms with van der Waals surface area (Å²) in [5, 5.41) is 9.64. The molecule has 138 valence electrons. The maximum atomic E-state index is 9.64. The number of likely N-dealkylation sites (N-methyl/N-ethyl adjacent to an activating group) is 1. The summed E-state index contributed by atoms with van der Waals surface area (Å²) in [5.74, 6) is 1.22. The number of nitrogens with zero attached hydrogens (tertiary/aromatic N) is 1. The first kappa shape index (κ1) is 18.5. The van der Waals surface area contributed by atoms with Gasteiger partial charge in [0.2, 0.25) is 0 Å². The van der Waals surface area contributed by atoms with E-state index in [1.807, 2.05) is 26.2 Å². The SMILES string of the molecule is CN(C)CCOc1ccc(C(=C2CCCCC2)c2ccc(O)cc2)cc1. The van der Waals surface area contributed by atoms with Crippen molar-refractivity contribution < 1.29 is 9.84 Å². The largest absolute Gasteiger partial charge is 0.508 e. The highest BCUT2D eigenvalue weighted by molar-refractivity contribution is 5.82. The van der Waals surface area contributed by atoms with Crippen LogP contribution in [0.2, 0.25) is 0 Å². The third-order valence-electron chi connectivity index (χ3n) is 4.92. The lowest BCUT2D eigenvalue weighted by Gasteiger charge is -2.20. The molecule has 1 N–H and O–H groups in total. The van der Waals surface area contributed by atoms with E-state index in [0.29, 0.717) is 12.4 Å². The van der Waals surface area contributed by atoms with Gasteiger partial charge in [0.25, 0.3) is 0 Å². The number of ether oxygens (including phenoxy) is 1. The first-order chi connectivity index (χ1) is 12.6. The normalized spacial score (nSPS) is 14.5. The Morgan fingerprint density at radius 3 is 2.04 bits per heavy atom. The first-order valence-corrected chi connectivity index (χ1v) is 9.53. The van der Waals surface area contributed by atoms with Crippen LogP contribution in [0.3, 0.4) is 0 Å². The quantitative estimate of drug-likeness (QED) is 0.786. The lowest BCUT2D eigenvalue weighted by molar-refractivity contribution is 0.261. The lowest BCUT2D eigenvalue weighted by atomic mass is 9.85. The van der Waals surface area contributed by atoms with Gasteiger partial charge in [-0.15, -0.1) is 0 Å². The van der Waals surface area contributed by atoms with Gasteiger partial charge in [-0.3, -0.25) is 0 Å². The Balaban J connectivity index is 1.86. The molecule has 1 aliphatic rings. The number of aromatic hydroxyl groups is 1. The summed E-state index contributed by atoms with van der Waals surface area (Å²) in [5.41, 5.74) is 5.27. The molecule has 0 bridgehead atoms. The fraction of sp³-hybridized carbons (Fsp3) is 0.391. The van der Waals surface area contributed by atoms with E-state index in [-0.39, 0.29) is 0 Å². The summed E-state index contributed by atoms with van der Waals surface area (Å²) >= 11 is 0. The van der Waals surface area contributed by atoms with E-state index in [2.05, 4.69) is 29.2 Å². The van der Waals surface area contributed by atoms with Crippen LogP contribution in [0.4, 0.5) is 0 Å². The first-order valence-electron chi connectivity index (χ1n) is 9.53. The van der Waals surface area contributed by atoms with E-state index in [0.717, 1.165) is 25.1 Å². The molecule has 1 fully saturated rings. The zero-order chi connectivity index (χ0) is 18.4. The van der Waals surface area contributed by atoms with Crippen LogP contribution < -0.4 is 4.74 Å². The summed E-state index contributed by atoms with van der Waals surface area (Å²) in [6, 6.07) is 16.0. The van der Waals surface area contributed by atoms with Gasteiger partial charge in [0, 0.05) is 6.54 Å². The topological polar surface area (TPSA) is 32.7 Å². The average molecular weight is 351 g/mol. The van der Waals surface area contributed by atoms with Crippen LogP contribution in [0.5, 0.6) is 11.5 Å². The van der Waals surface area contributed by atoms with E-state index >= 15 is 0 Å². The Morgan fingerprint density at radius 2 is 1.46 bits per heavy atom. The van der Waals surface area contributed by atoms with Crippen LogP contribution in [-0.4, -0.2) is 37.3 Å². The smallest absolute Gasteiger partial charge is 0.119 e. The van der Waals surface area contributed by atoms with E-state index in [1.54, 1.807) is 12.1 Å². The van der Waals surface area contributed by atoms with Crippen molar-refractivity contribution in [3.63, 3.8) is 0 Å². The molecule has 1 saturated carbocycles. The molecule has 1 aliphatic carbocycles. The molecule has 0 saturated heterocycles. The second-order valence-corrected chi connectivity index (χ2v) is 7.26. The Labute approximate surface area is 156 Å². The highest BCUT2D eigenvalue weighted by Crippen LogP contribution is 2.36. The van der Waals surface area contributed by atoms with Crippen molar-refractivity contribution in [3.8, 4) is 11.5 Å². The molecular formula is C23H29NO2.